The molecule has 1 aromatic rings. The fourth-order valence-corrected chi connectivity index (χ4v) is 2.07. The molecule has 102 valence electrons. The normalized spacial score (nSPS) is 19.8. The Morgan fingerprint density at radius 2 is 2.16 bits per heavy atom. The topological polar surface area (TPSA) is 78.9 Å². The van der Waals surface area contributed by atoms with Gasteiger partial charge in [-0.1, -0.05) is 12.1 Å². The van der Waals surface area contributed by atoms with Gasteiger partial charge in [-0.2, -0.15) is 0 Å². The van der Waals surface area contributed by atoms with E-state index in [2.05, 4.69) is 5.32 Å². The fraction of sp³-hybridized carbons (Fsp3) is 0.385. The number of aliphatic carboxylic acids is 1. The number of carboxylic acids is 1. The summed E-state index contributed by atoms with van der Waals surface area (Å²) in [5.74, 6) is -0.325. The number of nitrogens with one attached hydrogen (secondary N) is 1. The molecular formula is C13H16N2O4. The van der Waals surface area contributed by atoms with Crippen LogP contribution in [0.25, 0.3) is 0 Å². The molecular weight excluding hydrogens is 248 g/mol. The van der Waals surface area contributed by atoms with E-state index in [0.717, 1.165) is 11.3 Å². The van der Waals surface area contributed by atoms with Crippen molar-refractivity contribution in [2.45, 2.75) is 12.6 Å². The highest BCUT2D eigenvalue weighted by atomic mass is 16.5. The predicted molar refractivity (Wildman–Crippen MR) is 67.8 cm³/mol. The molecule has 1 amide bonds. The Morgan fingerprint density at radius 3 is 2.74 bits per heavy atom. The van der Waals surface area contributed by atoms with Crippen molar-refractivity contribution in [3.05, 3.63) is 29.8 Å². The second-order valence-corrected chi connectivity index (χ2v) is 4.41. The smallest absolute Gasteiger partial charge is 0.322 e. The number of hydrogen-bond donors (Lipinski definition) is 2. The number of piperazine rings is 1. The fourth-order valence-electron chi connectivity index (χ4n) is 2.07. The van der Waals surface area contributed by atoms with Crippen molar-refractivity contribution in [1.29, 1.82) is 0 Å². The summed E-state index contributed by atoms with van der Waals surface area (Å²) < 4.78 is 5.06. The van der Waals surface area contributed by atoms with Gasteiger partial charge < -0.3 is 15.2 Å². The van der Waals surface area contributed by atoms with E-state index in [-0.39, 0.29) is 19.0 Å². The average molecular weight is 264 g/mol. The summed E-state index contributed by atoms with van der Waals surface area (Å²) in [4.78, 5) is 24.2. The first-order valence-electron chi connectivity index (χ1n) is 5.96. The lowest BCUT2D eigenvalue weighted by Gasteiger charge is -2.32. The second-order valence-electron chi connectivity index (χ2n) is 4.41. The minimum absolute atomic E-state index is 0.100. The van der Waals surface area contributed by atoms with Crippen LogP contribution in [0.15, 0.2) is 24.3 Å². The molecule has 0 aromatic heterocycles. The molecule has 1 unspecified atom stereocenters. The van der Waals surface area contributed by atoms with Gasteiger partial charge in [0.2, 0.25) is 5.91 Å². The van der Waals surface area contributed by atoms with E-state index < -0.39 is 12.0 Å². The Bertz CT molecular complexity index is 472. The molecule has 6 nitrogen and oxygen atoms in total. The molecule has 0 radical (unpaired) electrons. The number of amides is 1. The number of nitrogens with zero attached hydrogens (tertiary/aromatic N) is 1. The van der Waals surface area contributed by atoms with Crippen LogP contribution in [0.5, 0.6) is 5.75 Å². The maximum Gasteiger partial charge on any atom is 0.322 e. The molecule has 19 heavy (non-hydrogen) atoms. The third-order valence-corrected chi connectivity index (χ3v) is 3.11. The van der Waals surface area contributed by atoms with Gasteiger partial charge in [-0.15, -0.1) is 0 Å². The summed E-state index contributed by atoms with van der Waals surface area (Å²) in [6.07, 6.45) is 0. The highest BCUT2D eigenvalue weighted by Crippen LogP contribution is 2.15. The van der Waals surface area contributed by atoms with Crippen molar-refractivity contribution in [3.63, 3.8) is 0 Å². The van der Waals surface area contributed by atoms with Gasteiger partial charge in [0.25, 0.3) is 0 Å². The lowest BCUT2D eigenvalue weighted by molar-refractivity contribution is -0.146. The maximum absolute atomic E-state index is 11.4. The van der Waals surface area contributed by atoms with Crippen LogP contribution < -0.4 is 10.1 Å². The number of rotatable bonds is 4. The summed E-state index contributed by atoms with van der Waals surface area (Å²) in [6.45, 7) is 0.668. The highest BCUT2D eigenvalue weighted by Gasteiger charge is 2.31. The first-order chi connectivity index (χ1) is 9.10. The van der Waals surface area contributed by atoms with E-state index in [9.17, 15) is 9.59 Å². The Hall–Kier alpha value is -2.08. The second kappa shape index (κ2) is 5.71. The first kappa shape index (κ1) is 13.4. The quantitative estimate of drug-likeness (QED) is 0.805. The SMILES string of the molecule is COc1ccc(CN2CC(=O)NCC2C(=O)O)cc1. The molecule has 1 aliphatic rings. The van der Waals surface area contributed by atoms with Crippen molar-refractivity contribution in [1.82, 2.24) is 10.2 Å². The number of carboxylic acid groups (broad SMARTS) is 1. The van der Waals surface area contributed by atoms with Gasteiger partial charge in [0.05, 0.1) is 13.7 Å². The Morgan fingerprint density at radius 1 is 1.47 bits per heavy atom. The van der Waals surface area contributed by atoms with Gasteiger partial charge in [-0.3, -0.25) is 14.5 Å². The van der Waals surface area contributed by atoms with Gasteiger partial charge in [0.1, 0.15) is 11.8 Å². The Labute approximate surface area is 111 Å². The van der Waals surface area contributed by atoms with Crippen LogP contribution in [0.1, 0.15) is 5.56 Å². The molecule has 6 heteroatoms. The summed E-state index contributed by atoms with van der Waals surface area (Å²) in [7, 11) is 1.59. The Kier molecular flexibility index (Phi) is 4.01. The highest BCUT2D eigenvalue weighted by molar-refractivity contribution is 5.83. The van der Waals surface area contributed by atoms with Crippen LogP contribution in [0, 0.1) is 0 Å². The van der Waals surface area contributed by atoms with Crippen LogP contribution in [0.4, 0.5) is 0 Å². The van der Waals surface area contributed by atoms with Crippen molar-refractivity contribution in [3.8, 4) is 5.75 Å². The molecule has 2 N–H and O–H groups in total. The number of benzene rings is 1. The molecule has 1 saturated heterocycles. The van der Waals surface area contributed by atoms with Gasteiger partial charge in [-0.05, 0) is 17.7 Å². The monoisotopic (exact) mass is 264 g/mol. The molecule has 0 bridgehead atoms. The molecule has 1 atom stereocenters. The summed E-state index contributed by atoms with van der Waals surface area (Å²) in [5.41, 5.74) is 0.946. The minimum atomic E-state index is -0.923. The minimum Gasteiger partial charge on any atom is -0.497 e. The maximum atomic E-state index is 11.4. The molecule has 0 spiro atoms. The van der Waals surface area contributed by atoms with Crippen LogP contribution in [0.2, 0.25) is 0 Å². The standard InChI is InChI=1S/C13H16N2O4/c1-19-10-4-2-9(3-5-10)7-15-8-12(16)14-6-11(15)13(17)18/h2-5,11H,6-8H2,1H3,(H,14,16)(H,17,18). The largest absolute Gasteiger partial charge is 0.497 e. The van der Waals surface area contributed by atoms with E-state index >= 15 is 0 Å². The summed E-state index contributed by atoms with van der Waals surface area (Å²) in [6, 6.07) is 6.68. The van der Waals surface area contributed by atoms with E-state index in [1.54, 1.807) is 12.0 Å². The third-order valence-electron chi connectivity index (χ3n) is 3.11. The lowest BCUT2D eigenvalue weighted by Crippen LogP contribution is -2.56. The molecule has 2 rings (SSSR count). The van der Waals surface area contributed by atoms with Gasteiger partial charge in [0, 0.05) is 13.1 Å². The van der Waals surface area contributed by atoms with Crippen LogP contribution in [0.3, 0.4) is 0 Å². The van der Waals surface area contributed by atoms with Gasteiger partial charge in [-0.25, -0.2) is 0 Å². The van der Waals surface area contributed by atoms with Crippen molar-refractivity contribution in [2.75, 3.05) is 20.2 Å². The number of carbonyl (C=O) groups is 2. The van der Waals surface area contributed by atoms with Gasteiger partial charge in [0.15, 0.2) is 0 Å². The van der Waals surface area contributed by atoms with E-state index in [1.807, 2.05) is 24.3 Å². The van der Waals surface area contributed by atoms with Crippen LogP contribution in [-0.2, 0) is 16.1 Å². The van der Waals surface area contributed by atoms with Crippen LogP contribution >= 0.6 is 0 Å². The van der Waals surface area contributed by atoms with Crippen LogP contribution in [-0.4, -0.2) is 48.1 Å². The number of methoxy groups -OCH3 is 1. The number of hydrogen-bond acceptors (Lipinski definition) is 4. The van der Waals surface area contributed by atoms with E-state index in [4.69, 9.17) is 9.84 Å². The summed E-state index contributed by atoms with van der Waals surface area (Å²) in [5, 5.41) is 11.7. The van der Waals surface area contributed by atoms with Crippen molar-refractivity contribution in [2.24, 2.45) is 0 Å². The molecule has 1 heterocycles. The molecule has 0 saturated carbocycles. The number of ether oxygens (including phenoxy) is 1. The van der Waals surface area contributed by atoms with E-state index in [1.165, 1.54) is 0 Å². The molecule has 0 aliphatic carbocycles. The lowest BCUT2D eigenvalue weighted by atomic mass is 10.1. The van der Waals surface area contributed by atoms with Gasteiger partial charge >= 0.3 is 5.97 Å². The van der Waals surface area contributed by atoms with Crippen molar-refractivity contribution >= 4 is 11.9 Å². The molecule has 1 aromatic carbocycles. The van der Waals surface area contributed by atoms with Crippen molar-refractivity contribution < 1.29 is 19.4 Å². The predicted octanol–water partition coefficient (Wildman–Crippen LogP) is 0.0802. The summed E-state index contributed by atoms with van der Waals surface area (Å²) >= 11 is 0. The molecule has 1 fully saturated rings. The average Bonchev–Trinajstić information content (AvgIpc) is 2.39. The number of carbonyl (C=O) groups excluding carboxylic acids is 1. The zero-order valence-corrected chi connectivity index (χ0v) is 10.6. The molecule has 1 aliphatic heterocycles. The Balaban J connectivity index is 2.09. The third kappa shape index (κ3) is 3.23. The first-order valence-corrected chi connectivity index (χ1v) is 5.96. The zero-order chi connectivity index (χ0) is 13.8. The van der Waals surface area contributed by atoms with E-state index in [0.29, 0.717) is 6.54 Å². The zero-order valence-electron chi connectivity index (χ0n) is 10.6.